The topological polar surface area (TPSA) is 63.9 Å². The van der Waals surface area contributed by atoms with E-state index in [0.29, 0.717) is 16.5 Å². The Morgan fingerprint density at radius 2 is 1.67 bits per heavy atom. The van der Waals surface area contributed by atoms with Gasteiger partial charge in [0.2, 0.25) is 0 Å². The zero-order valence-electron chi connectivity index (χ0n) is 14.6. The number of halogens is 5. The summed E-state index contributed by atoms with van der Waals surface area (Å²) in [5.41, 5.74) is 8.43. The quantitative estimate of drug-likeness (QED) is 0.607. The molecule has 1 aromatic heterocycles. The Morgan fingerprint density at radius 3 is 2.22 bits per heavy atom. The minimum atomic E-state index is -4.42. The SMILES string of the molecule is CC(C)(N)c1ccc(-c2ccc3[nH]ncc3c2OCC(F)(F)F)cc1.Cl.Cl. The molecule has 0 aliphatic carbocycles. The van der Waals surface area contributed by atoms with Crippen molar-refractivity contribution >= 4 is 35.7 Å². The van der Waals surface area contributed by atoms with Gasteiger partial charge in [-0.05, 0) is 37.1 Å². The maximum Gasteiger partial charge on any atom is 0.422 e. The van der Waals surface area contributed by atoms with Gasteiger partial charge in [0.15, 0.2) is 6.61 Å². The highest BCUT2D eigenvalue weighted by Crippen LogP contribution is 2.37. The van der Waals surface area contributed by atoms with E-state index in [1.165, 1.54) is 6.20 Å². The maximum absolute atomic E-state index is 12.6. The number of aromatic nitrogens is 2. The largest absolute Gasteiger partial charge is 0.483 e. The number of rotatable bonds is 4. The van der Waals surface area contributed by atoms with Crippen LogP contribution in [0.5, 0.6) is 5.75 Å². The van der Waals surface area contributed by atoms with Crippen molar-refractivity contribution in [2.45, 2.75) is 25.6 Å². The van der Waals surface area contributed by atoms with Crippen LogP contribution in [0.2, 0.25) is 0 Å². The Bertz CT molecular complexity index is 887. The molecule has 4 nitrogen and oxygen atoms in total. The molecule has 0 radical (unpaired) electrons. The molecule has 3 N–H and O–H groups in total. The number of aromatic amines is 1. The molecule has 0 amide bonds. The molecule has 3 rings (SSSR count). The van der Waals surface area contributed by atoms with Crippen molar-refractivity contribution < 1.29 is 17.9 Å². The fraction of sp³-hybridized carbons (Fsp3) is 0.278. The van der Waals surface area contributed by atoms with E-state index in [-0.39, 0.29) is 30.6 Å². The summed E-state index contributed by atoms with van der Waals surface area (Å²) in [5.74, 6) is 0.156. The van der Waals surface area contributed by atoms with Crippen LogP contribution in [0.1, 0.15) is 19.4 Å². The Labute approximate surface area is 167 Å². The Hall–Kier alpha value is -1.96. The van der Waals surface area contributed by atoms with Gasteiger partial charge in [-0.3, -0.25) is 5.10 Å². The highest BCUT2D eigenvalue weighted by molar-refractivity contribution is 5.92. The standard InChI is InChI=1S/C18H18F3N3O.2ClH/c1-17(2,22)12-5-3-11(4-6-12)13-7-8-15-14(9-23-24-15)16(13)25-10-18(19,20)21;;/h3-9H,10,22H2,1-2H3,(H,23,24);2*1H. The number of alkyl halides is 3. The summed E-state index contributed by atoms with van der Waals surface area (Å²) in [6.07, 6.45) is -2.96. The van der Waals surface area contributed by atoms with Gasteiger partial charge >= 0.3 is 6.18 Å². The number of hydrogen-bond donors (Lipinski definition) is 2. The number of benzene rings is 2. The lowest BCUT2D eigenvalue weighted by Gasteiger charge is -2.20. The lowest BCUT2D eigenvalue weighted by atomic mass is 9.93. The molecule has 0 bridgehead atoms. The minimum Gasteiger partial charge on any atom is -0.483 e. The van der Waals surface area contributed by atoms with Gasteiger partial charge in [0, 0.05) is 11.1 Å². The number of H-pyrrole nitrogens is 1. The van der Waals surface area contributed by atoms with Crippen molar-refractivity contribution in [3.05, 3.63) is 48.2 Å². The third kappa shape index (κ3) is 5.28. The summed E-state index contributed by atoms with van der Waals surface area (Å²) in [7, 11) is 0. The molecule has 0 saturated carbocycles. The van der Waals surface area contributed by atoms with E-state index in [1.54, 1.807) is 12.1 Å². The first kappa shape index (κ1) is 23.1. The first-order chi connectivity index (χ1) is 11.6. The predicted octanol–water partition coefficient (Wildman–Crippen LogP) is 5.21. The fourth-order valence-corrected chi connectivity index (χ4v) is 2.61. The van der Waals surface area contributed by atoms with Crippen LogP contribution in [0.3, 0.4) is 0 Å². The van der Waals surface area contributed by atoms with Gasteiger partial charge in [-0.1, -0.05) is 24.3 Å². The second kappa shape index (κ2) is 8.37. The molecule has 1 heterocycles. The average molecular weight is 422 g/mol. The van der Waals surface area contributed by atoms with E-state index in [2.05, 4.69) is 10.2 Å². The summed E-state index contributed by atoms with van der Waals surface area (Å²) >= 11 is 0. The average Bonchev–Trinajstić information content (AvgIpc) is 2.99. The fourth-order valence-electron chi connectivity index (χ4n) is 2.61. The Balaban J connectivity index is 0.00000182. The first-order valence-corrected chi connectivity index (χ1v) is 7.70. The van der Waals surface area contributed by atoms with Crippen molar-refractivity contribution in [3.63, 3.8) is 0 Å². The molecule has 148 valence electrons. The van der Waals surface area contributed by atoms with E-state index < -0.39 is 18.3 Å². The molecule has 9 heteroatoms. The van der Waals surface area contributed by atoms with E-state index in [0.717, 1.165) is 11.1 Å². The Kier molecular flexibility index (Phi) is 7.16. The van der Waals surface area contributed by atoms with Gasteiger partial charge in [0.05, 0.1) is 17.1 Å². The molecule has 27 heavy (non-hydrogen) atoms. The summed E-state index contributed by atoms with van der Waals surface area (Å²) in [6, 6.07) is 10.9. The predicted molar refractivity (Wildman–Crippen MR) is 105 cm³/mol. The van der Waals surface area contributed by atoms with Crippen LogP contribution >= 0.6 is 24.8 Å². The van der Waals surface area contributed by atoms with Crippen LogP contribution < -0.4 is 10.5 Å². The maximum atomic E-state index is 12.6. The van der Waals surface area contributed by atoms with Gasteiger partial charge < -0.3 is 10.5 Å². The number of ether oxygens (including phenoxy) is 1. The molecule has 2 aromatic carbocycles. The van der Waals surface area contributed by atoms with E-state index in [1.807, 2.05) is 38.1 Å². The number of nitrogens with two attached hydrogens (primary N) is 1. The number of nitrogens with zero attached hydrogens (tertiary/aromatic N) is 1. The van der Waals surface area contributed by atoms with Crippen molar-refractivity contribution in [1.29, 1.82) is 0 Å². The van der Waals surface area contributed by atoms with E-state index in [4.69, 9.17) is 10.5 Å². The molecule has 0 saturated heterocycles. The number of nitrogens with one attached hydrogen (secondary N) is 1. The van der Waals surface area contributed by atoms with Crippen LogP contribution in [0.4, 0.5) is 13.2 Å². The van der Waals surface area contributed by atoms with Crippen molar-refractivity contribution in [1.82, 2.24) is 10.2 Å². The van der Waals surface area contributed by atoms with Crippen molar-refractivity contribution in [2.75, 3.05) is 6.61 Å². The third-order valence-electron chi connectivity index (χ3n) is 3.89. The second-order valence-electron chi connectivity index (χ2n) is 6.48. The van der Waals surface area contributed by atoms with Crippen LogP contribution in [-0.4, -0.2) is 23.0 Å². The zero-order valence-corrected chi connectivity index (χ0v) is 16.3. The van der Waals surface area contributed by atoms with Gasteiger partial charge in [0.1, 0.15) is 5.75 Å². The molecule has 0 fully saturated rings. The monoisotopic (exact) mass is 421 g/mol. The smallest absolute Gasteiger partial charge is 0.422 e. The minimum absolute atomic E-state index is 0. The molecular weight excluding hydrogens is 402 g/mol. The molecule has 0 unspecified atom stereocenters. The third-order valence-corrected chi connectivity index (χ3v) is 3.89. The van der Waals surface area contributed by atoms with Gasteiger partial charge in [0.25, 0.3) is 0 Å². The molecular formula is C18H20Cl2F3N3O. The van der Waals surface area contributed by atoms with Gasteiger partial charge in [-0.25, -0.2) is 0 Å². The summed E-state index contributed by atoms with van der Waals surface area (Å²) in [5, 5.41) is 7.13. The highest BCUT2D eigenvalue weighted by Gasteiger charge is 2.29. The van der Waals surface area contributed by atoms with E-state index in [9.17, 15) is 13.2 Å². The molecule has 0 spiro atoms. The van der Waals surface area contributed by atoms with Gasteiger partial charge in [-0.2, -0.15) is 18.3 Å². The van der Waals surface area contributed by atoms with E-state index >= 15 is 0 Å². The van der Waals surface area contributed by atoms with Crippen molar-refractivity contribution in [2.24, 2.45) is 5.73 Å². The summed E-state index contributed by atoms with van der Waals surface area (Å²) in [6.45, 7) is 2.41. The lowest BCUT2D eigenvalue weighted by Crippen LogP contribution is -2.28. The van der Waals surface area contributed by atoms with Crippen LogP contribution in [-0.2, 0) is 5.54 Å². The second-order valence-corrected chi connectivity index (χ2v) is 6.48. The number of hydrogen-bond acceptors (Lipinski definition) is 3. The van der Waals surface area contributed by atoms with Crippen LogP contribution in [0, 0.1) is 0 Å². The normalized spacial score (nSPS) is 11.6. The van der Waals surface area contributed by atoms with Crippen molar-refractivity contribution in [3.8, 4) is 16.9 Å². The molecule has 0 atom stereocenters. The Morgan fingerprint density at radius 1 is 1.04 bits per heavy atom. The molecule has 3 aromatic rings. The van der Waals surface area contributed by atoms with Crippen LogP contribution in [0.15, 0.2) is 42.6 Å². The highest BCUT2D eigenvalue weighted by atomic mass is 35.5. The van der Waals surface area contributed by atoms with Crippen LogP contribution in [0.25, 0.3) is 22.0 Å². The first-order valence-electron chi connectivity index (χ1n) is 7.70. The molecule has 0 aliphatic heterocycles. The summed E-state index contributed by atoms with van der Waals surface area (Å²) < 4.78 is 43.0. The van der Waals surface area contributed by atoms with Gasteiger partial charge in [-0.15, -0.1) is 24.8 Å². The number of fused-ring (bicyclic) bond motifs is 1. The molecule has 0 aliphatic rings. The zero-order chi connectivity index (χ0) is 18.2. The lowest BCUT2D eigenvalue weighted by molar-refractivity contribution is -0.153. The summed E-state index contributed by atoms with van der Waals surface area (Å²) in [4.78, 5) is 0.